The van der Waals surface area contributed by atoms with Crippen LogP contribution < -0.4 is 0 Å². The van der Waals surface area contributed by atoms with E-state index in [-0.39, 0.29) is 25.0 Å². The highest BCUT2D eigenvalue weighted by Gasteiger charge is 2.17. The summed E-state index contributed by atoms with van der Waals surface area (Å²) in [6.07, 6.45) is 22.8. The number of hydrogen-bond acceptors (Lipinski definition) is 4. The molecular formula is C30H60N2O4. The second kappa shape index (κ2) is 26.9. The van der Waals surface area contributed by atoms with Crippen molar-refractivity contribution in [2.45, 2.75) is 142 Å². The molecule has 0 aliphatic heterocycles. The predicted octanol–water partition coefficient (Wildman–Crippen LogP) is 6.47. The van der Waals surface area contributed by atoms with Gasteiger partial charge in [0.05, 0.1) is 13.2 Å². The van der Waals surface area contributed by atoms with E-state index >= 15 is 0 Å². The largest absolute Gasteiger partial charge is 0.395 e. The van der Waals surface area contributed by atoms with Crippen LogP contribution in [-0.4, -0.2) is 71.2 Å². The maximum absolute atomic E-state index is 12.7. The second-order valence-electron chi connectivity index (χ2n) is 10.4. The molecule has 2 amide bonds. The number of carbonyl (C=O) groups excluding carboxylic acids is 2. The molecule has 0 aromatic heterocycles. The first-order valence-electron chi connectivity index (χ1n) is 15.4. The van der Waals surface area contributed by atoms with Gasteiger partial charge in [-0.05, 0) is 12.8 Å². The van der Waals surface area contributed by atoms with E-state index in [1.165, 1.54) is 89.9 Å². The van der Waals surface area contributed by atoms with Crippen LogP contribution in [0, 0.1) is 0 Å². The lowest BCUT2D eigenvalue weighted by Gasteiger charge is -2.27. The fourth-order valence-corrected chi connectivity index (χ4v) is 4.70. The molecule has 36 heavy (non-hydrogen) atoms. The third-order valence-corrected chi connectivity index (χ3v) is 7.07. The number of unbranched alkanes of at least 4 members (excludes halogenated alkanes) is 16. The molecule has 0 atom stereocenters. The first-order chi connectivity index (χ1) is 17.6. The molecular weight excluding hydrogens is 452 g/mol. The molecule has 0 fully saturated rings. The van der Waals surface area contributed by atoms with E-state index in [2.05, 4.69) is 13.8 Å². The molecule has 0 radical (unpaired) electrons. The fourth-order valence-electron chi connectivity index (χ4n) is 4.70. The Balaban J connectivity index is 4.17. The first-order valence-corrected chi connectivity index (χ1v) is 15.4. The number of nitrogens with zero attached hydrogens (tertiary/aromatic N) is 2. The summed E-state index contributed by atoms with van der Waals surface area (Å²) in [4.78, 5) is 28.8. The van der Waals surface area contributed by atoms with Crippen molar-refractivity contribution in [3.63, 3.8) is 0 Å². The summed E-state index contributed by atoms with van der Waals surface area (Å²) in [5.41, 5.74) is 0. The van der Waals surface area contributed by atoms with Crippen molar-refractivity contribution >= 4 is 11.8 Å². The Hall–Kier alpha value is -1.14. The Kier molecular flexibility index (Phi) is 26.1. The molecule has 0 aliphatic carbocycles. The van der Waals surface area contributed by atoms with Crippen LogP contribution >= 0.6 is 0 Å². The van der Waals surface area contributed by atoms with Crippen molar-refractivity contribution in [2.24, 2.45) is 0 Å². The Morgan fingerprint density at radius 3 is 1.00 bits per heavy atom. The molecule has 0 spiro atoms. The predicted molar refractivity (Wildman–Crippen MR) is 151 cm³/mol. The highest BCUT2D eigenvalue weighted by atomic mass is 16.3. The van der Waals surface area contributed by atoms with Gasteiger partial charge in [0.2, 0.25) is 11.8 Å². The topological polar surface area (TPSA) is 81.1 Å². The fraction of sp³-hybridized carbons (Fsp3) is 0.933. The van der Waals surface area contributed by atoms with E-state index in [0.29, 0.717) is 39.0 Å². The normalized spacial score (nSPS) is 11.1. The SMILES string of the molecule is CCCCCCCCCCCC(=O)N(CCO)CCN(CCO)C(=O)CCCCCCCCCCC. The molecule has 0 saturated heterocycles. The van der Waals surface area contributed by atoms with Crippen LogP contribution in [0.3, 0.4) is 0 Å². The van der Waals surface area contributed by atoms with Gasteiger partial charge in [-0.15, -0.1) is 0 Å². The van der Waals surface area contributed by atoms with Gasteiger partial charge in [-0.1, -0.05) is 117 Å². The second-order valence-corrected chi connectivity index (χ2v) is 10.4. The zero-order valence-corrected chi connectivity index (χ0v) is 24.0. The van der Waals surface area contributed by atoms with E-state index in [9.17, 15) is 19.8 Å². The summed E-state index contributed by atoms with van der Waals surface area (Å²) >= 11 is 0. The minimum atomic E-state index is -0.0735. The van der Waals surface area contributed by atoms with Crippen molar-refractivity contribution in [3.05, 3.63) is 0 Å². The Morgan fingerprint density at radius 2 is 0.722 bits per heavy atom. The monoisotopic (exact) mass is 512 g/mol. The average Bonchev–Trinajstić information content (AvgIpc) is 2.88. The third kappa shape index (κ3) is 21.0. The summed E-state index contributed by atoms with van der Waals surface area (Å²) in [5, 5.41) is 18.9. The van der Waals surface area contributed by atoms with Crippen LogP contribution in [0.25, 0.3) is 0 Å². The van der Waals surface area contributed by atoms with Gasteiger partial charge < -0.3 is 20.0 Å². The minimum absolute atomic E-state index is 0.0577. The Labute approximate surface area is 223 Å². The summed E-state index contributed by atoms with van der Waals surface area (Å²) in [6, 6.07) is 0. The standard InChI is InChI=1S/C30H60N2O4/c1-3-5-7-9-11-13-15-17-19-21-29(35)31(25-27-33)23-24-32(26-28-34)30(36)22-20-18-16-14-12-10-8-6-4-2/h33-34H,3-28H2,1-2H3. The van der Waals surface area contributed by atoms with Gasteiger partial charge >= 0.3 is 0 Å². The molecule has 0 heterocycles. The van der Waals surface area contributed by atoms with Crippen molar-refractivity contribution in [3.8, 4) is 0 Å². The number of aliphatic hydroxyl groups excluding tert-OH is 2. The molecule has 214 valence electrons. The smallest absolute Gasteiger partial charge is 0.222 e. The number of aliphatic hydroxyl groups is 2. The van der Waals surface area contributed by atoms with Crippen LogP contribution in [0.15, 0.2) is 0 Å². The van der Waals surface area contributed by atoms with Gasteiger partial charge in [0.1, 0.15) is 0 Å². The van der Waals surface area contributed by atoms with Crippen molar-refractivity contribution in [1.29, 1.82) is 0 Å². The molecule has 6 heteroatoms. The highest BCUT2D eigenvalue weighted by Crippen LogP contribution is 2.13. The number of rotatable bonds is 27. The molecule has 0 aliphatic rings. The van der Waals surface area contributed by atoms with Gasteiger partial charge in [0.15, 0.2) is 0 Å². The summed E-state index contributed by atoms with van der Waals surface area (Å²) < 4.78 is 0. The first kappa shape index (κ1) is 34.9. The minimum Gasteiger partial charge on any atom is -0.395 e. The molecule has 6 nitrogen and oxygen atoms in total. The Bertz CT molecular complexity index is 457. The molecule has 0 rings (SSSR count). The number of carbonyl (C=O) groups is 2. The lowest BCUT2D eigenvalue weighted by Crippen LogP contribution is -2.43. The van der Waals surface area contributed by atoms with Crippen LogP contribution in [-0.2, 0) is 9.59 Å². The summed E-state index contributed by atoms with van der Waals surface area (Å²) in [7, 11) is 0. The van der Waals surface area contributed by atoms with Gasteiger partial charge in [-0.25, -0.2) is 0 Å². The maximum atomic E-state index is 12.7. The molecule has 0 saturated carbocycles. The van der Waals surface area contributed by atoms with Crippen LogP contribution in [0.1, 0.15) is 142 Å². The van der Waals surface area contributed by atoms with Gasteiger partial charge in [-0.2, -0.15) is 0 Å². The summed E-state index contributed by atoms with van der Waals surface area (Å²) in [6.45, 7) is 5.76. The van der Waals surface area contributed by atoms with E-state index in [1.54, 1.807) is 9.80 Å². The van der Waals surface area contributed by atoms with E-state index in [4.69, 9.17) is 0 Å². The molecule has 0 bridgehead atoms. The van der Waals surface area contributed by atoms with E-state index < -0.39 is 0 Å². The molecule has 0 aromatic carbocycles. The van der Waals surface area contributed by atoms with Crippen molar-refractivity contribution in [1.82, 2.24) is 9.80 Å². The van der Waals surface area contributed by atoms with Crippen molar-refractivity contribution in [2.75, 3.05) is 39.4 Å². The maximum Gasteiger partial charge on any atom is 0.222 e. The highest BCUT2D eigenvalue weighted by molar-refractivity contribution is 5.77. The zero-order valence-electron chi connectivity index (χ0n) is 24.0. The molecule has 0 aromatic rings. The Morgan fingerprint density at radius 1 is 0.444 bits per heavy atom. The van der Waals surface area contributed by atoms with Gasteiger partial charge in [0.25, 0.3) is 0 Å². The van der Waals surface area contributed by atoms with E-state index in [0.717, 1.165) is 25.7 Å². The van der Waals surface area contributed by atoms with Crippen LogP contribution in [0.5, 0.6) is 0 Å². The molecule has 2 N–H and O–H groups in total. The third-order valence-electron chi connectivity index (χ3n) is 7.07. The lowest BCUT2D eigenvalue weighted by atomic mass is 10.1. The van der Waals surface area contributed by atoms with E-state index in [1.807, 2.05) is 0 Å². The van der Waals surface area contributed by atoms with Gasteiger partial charge in [0, 0.05) is 39.0 Å². The summed E-state index contributed by atoms with van der Waals surface area (Å²) in [5.74, 6) is 0.115. The quantitative estimate of drug-likeness (QED) is 0.124. The zero-order chi connectivity index (χ0) is 26.7. The number of amides is 2. The number of hydrogen-bond donors (Lipinski definition) is 2. The van der Waals surface area contributed by atoms with Crippen molar-refractivity contribution < 1.29 is 19.8 Å². The lowest BCUT2D eigenvalue weighted by molar-refractivity contribution is -0.136. The molecule has 0 unspecified atom stereocenters. The van der Waals surface area contributed by atoms with Crippen LogP contribution in [0.4, 0.5) is 0 Å². The van der Waals surface area contributed by atoms with Crippen LogP contribution in [0.2, 0.25) is 0 Å². The average molecular weight is 513 g/mol. The van der Waals surface area contributed by atoms with Gasteiger partial charge in [-0.3, -0.25) is 9.59 Å².